The summed E-state index contributed by atoms with van der Waals surface area (Å²) in [5.74, 6) is 0.160. The fraction of sp³-hybridized carbons (Fsp3) is 0.235. The van der Waals surface area contributed by atoms with Gasteiger partial charge in [-0.2, -0.15) is 0 Å². The Morgan fingerprint density at radius 2 is 1.80 bits per heavy atom. The van der Waals surface area contributed by atoms with E-state index in [-0.39, 0.29) is 11.8 Å². The van der Waals surface area contributed by atoms with Crippen LogP contribution in [0.1, 0.15) is 5.56 Å². The van der Waals surface area contributed by atoms with Crippen LogP contribution in [0.4, 0.5) is 11.4 Å². The summed E-state index contributed by atoms with van der Waals surface area (Å²) in [4.78, 5) is 14.3. The number of amides is 1. The number of hydrogen-bond acceptors (Lipinski definition) is 2. The number of carbonyl (C=O) groups excluding carboxylic acids is 1. The zero-order valence-electron chi connectivity index (χ0n) is 11.5. The number of carbonyl (C=O) groups is 1. The second kappa shape index (κ2) is 5.37. The Balaban J connectivity index is 1.76. The summed E-state index contributed by atoms with van der Waals surface area (Å²) >= 11 is 0. The van der Waals surface area contributed by atoms with Crippen LogP contribution in [0.3, 0.4) is 0 Å². The molecule has 1 aliphatic heterocycles. The molecule has 2 aromatic rings. The van der Waals surface area contributed by atoms with Crippen LogP contribution < -0.4 is 10.2 Å². The van der Waals surface area contributed by atoms with Gasteiger partial charge in [0.1, 0.15) is 0 Å². The summed E-state index contributed by atoms with van der Waals surface area (Å²) in [5, 5.41) is 3.35. The first kappa shape index (κ1) is 12.7. The van der Waals surface area contributed by atoms with E-state index >= 15 is 0 Å². The van der Waals surface area contributed by atoms with Crippen LogP contribution in [-0.2, 0) is 11.2 Å². The van der Waals surface area contributed by atoms with Crippen molar-refractivity contribution in [3.63, 3.8) is 0 Å². The normalized spacial score (nSPS) is 16.9. The van der Waals surface area contributed by atoms with Crippen LogP contribution in [0.5, 0.6) is 0 Å². The number of nitrogens with zero attached hydrogens (tertiary/aromatic N) is 1. The minimum Gasteiger partial charge on any atom is -0.384 e. The lowest BCUT2D eigenvalue weighted by Crippen LogP contribution is -2.39. The van der Waals surface area contributed by atoms with Crippen molar-refractivity contribution in [2.75, 3.05) is 23.8 Å². The monoisotopic (exact) mass is 266 g/mol. The SMILES string of the molecule is CN(C(=O)C1CNc2ccccc2C1)c1ccccc1. The molecule has 0 bridgehead atoms. The molecular weight excluding hydrogens is 248 g/mol. The summed E-state index contributed by atoms with van der Waals surface area (Å²) in [7, 11) is 1.85. The van der Waals surface area contributed by atoms with Crippen molar-refractivity contribution in [1.29, 1.82) is 0 Å². The summed E-state index contributed by atoms with van der Waals surface area (Å²) in [6.07, 6.45) is 0.805. The molecule has 3 nitrogen and oxygen atoms in total. The van der Waals surface area contributed by atoms with Gasteiger partial charge in [-0.3, -0.25) is 4.79 Å². The quantitative estimate of drug-likeness (QED) is 0.906. The van der Waals surface area contributed by atoms with Gasteiger partial charge in [0.15, 0.2) is 0 Å². The minimum absolute atomic E-state index is 0.00453. The molecule has 20 heavy (non-hydrogen) atoms. The number of rotatable bonds is 2. The third kappa shape index (κ3) is 2.39. The zero-order valence-corrected chi connectivity index (χ0v) is 11.5. The van der Waals surface area contributed by atoms with Crippen LogP contribution in [0.2, 0.25) is 0 Å². The molecule has 1 heterocycles. The second-order valence-corrected chi connectivity index (χ2v) is 5.17. The molecule has 1 N–H and O–H groups in total. The number of benzene rings is 2. The van der Waals surface area contributed by atoms with Crippen molar-refractivity contribution in [1.82, 2.24) is 0 Å². The van der Waals surface area contributed by atoms with Crippen molar-refractivity contribution in [3.05, 3.63) is 60.2 Å². The van der Waals surface area contributed by atoms with Crippen molar-refractivity contribution < 1.29 is 4.79 Å². The number of nitrogens with one attached hydrogen (secondary N) is 1. The van der Waals surface area contributed by atoms with Crippen LogP contribution in [0.15, 0.2) is 54.6 Å². The van der Waals surface area contributed by atoms with Crippen LogP contribution in [-0.4, -0.2) is 19.5 Å². The summed E-state index contributed by atoms with van der Waals surface area (Å²) in [5.41, 5.74) is 3.31. The van der Waals surface area contributed by atoms with E-state index < -0.39 is 0 Å². The van der Waals surface area contributed by atoms with Crippen molar-refractivity contribution >= 4 is 17.3 Å². The maximum absolute atomic E-state index is 12.6. The highest BCUT2D eigenvalue weighted by Gasteiger charge is 2.27. The molecule has 0 fully saturated rings. The molecule has 1 amide bonds. The van der Waals surface area contributed by atoms with Gasteiger partial charge in [-0.15, -0.1) is 0 Å². The largest absolute Gasteiger partial charge is 0.384 e. The number of hydrogen-bond donors (Lipinski definition) is 1. The fourth-order valence-corrected chi connectivity index (χ4v) is 2.67. The van der Waals surface area contributed by atoms with Crippen LogP contribution in [0, 0.1) is 5.92 Å². The topological polar surface area (TPSA) is 32.3 Å². The molecule has 0 aromatic heterocycles. The Hall–Kier alpha value is -2.29. The minimum atomic E-state index is -0.00453. The van der Waals surface area contributed by atoms with Gasteiger partial charge < -0.3 is 10.2 Å². The standard InChI is InChI=1S/C17H18N2O/c1-19(15-8-3-2-4-9-15)17(20)14-11-13-7-5-6-10-16(13)18-12-14/h2-10,14,18H,11-12H2,1H3. The number of anilines is 2. The fourth-order valence-electron chi connectivity index (χ4n) is 2.67. The maximum atomic E-state index is 12.6. The predicted octanol–water partition coefficient (Wildman–Crippen LogP) is 2.93. The second-order valence-electron chi connectivity index (χ2n) is 5.17. The van der Waals surface area contributed by atoms with Gasteiger partial charge in [-0.25, -0.2) is 0 Å². The molecule has 0 spiro atoms. The lowest BCUT2D eigenvalue weighted by Gasteiger charge is -2.29. The van der Waals surface area contributed by atoms with E-state index in [4.69, 9.17) is 0 Å². The van der Waals surface area contributed by atoms with Gasteiger partial charge >= 0.3 is 0 Å². The molecule has 2 aromatic carbocycles. The molecule has 0 aliphatic carbocycles. The van der Waals surface area contributed by atoms with Gasteiger partial charge in [-0.05, 0) is 30.2 Å². The Bertz CT molecular complexity index is 609. The molecule has 102 valence electrons. The van der Waals surface area contributed by atoms with E-state index in [0.29, 0.717) is 6.54 Å². The molecule has 1 atom stereocenters. The third-order valence-electron chi connectivity index (χ3n) is 3.85. The average molecular weight is 266 g/mol. The molecule has 3 heteroatoms. The lowest BCUT2D eigenvalue weighted by atomic mass is 9.93. The summed E-state index contributed by atoms with van der Waals surface area (Å²) in [6.45, 7) is 0.701. The first-order chi connectivity index (χ1) is 9.75. The van der Waals surface area contributed by atoms with E-state index in [1.54, 1.807) is 4.90 Å². The van der Waals surface area contributed by atoms with Gasteiger partial charge in [0, 0.05) is 25.0 Å². The Morgan fingerprint density at radius 3 is 2.60 bits per heavy atom. The van der Waals surface area contributed by atoms with Crippen molar-refractivity contribution in [3.8, 4) is 0 Å². The smallest absolute Gasteiger partial charge is 0.231 e. The van der Waals surface area contributed by atoms with Crippen LogP contribution in [0.25, 0.3) is 0 Å². The molecule has 0 saturated carbocycles. The molecule has 1 unspecified atom stereocenters. The Morgan fingerprint density at radius 1 is 1.10 bits per heavy atom. The first-order valence-corrected chi connectivity index (χ1v) is 6.90. The first-order valence-electron chi connectivity index (χ1n) is 6.90. The lowest BCUT2D eigenvalue weighted by molar-refractivity contribution is -0.121. The highest BCUT2D eigenvalue weighted by atomic mass is 16.2. The highest BCUT2D eigenvalue weighted by Crippen LogP contribution is 2.26. The van der Waals surface area contributed by atoms with Gasteiger partial charge in [0.2, 0.25) is 5.91 Å². The van der Waals surface area contributed by atoms with Gasteiger partial charge in [0.05, 0.1) is 5.92 Å². The van der Waals surface area contributed by atoms with Crippen molar-refractivity contribution in [2.24, 2.45) is 5.92 Å². The molecule has 0 radical (unpaired) electrons. The molecule has 3 rings (SSSR count). The molecule has 0 saturated heterocycles. The van der Waals surface area contributed by atoms with E-state index in [9.17, 15) is 4.79 Å². The highest BCUT2D eigenvalue weighted by molar-refractivity contribution is 5.95. The van der Waals surface area contributed by atoms with Gasteiger partial charge in [-0.1, -0.05) is 36.4 Å². The maximum Gasteiger partial charge on any atom is 0.231 e. The predicted molar refractivity (Wildman–Crippen MR) is 82.0 cm³/mol. The van der Waals surface area contributed by atoms with E-state index in [1.807, 2.05) is 49.5 Å². The Kier molecular flexibility index (Phi) is 3.42. The van der Waals surface area contributed by atoms with Gasteiger partial charge in [0.25, 0.3) is 0 Å². The molecular formula is C17H18N2O. The van der Waals surface area contributed by atoms with E-state index in [0.717, 1.165) is 17.8 Å². The Labute approximate surface area is 119 Å². The summed E-state index contributed by atoms with van der Waals surface area (Å²) in [6, 6.07) is 18.0. The zero-order chi connectivity index (χ0) is 13.9. The van der Waals surface area contributed by atoms with Crippen molar-refractivity contribution in [2.45, 2.75) is 6.42 Å². The molecule has 1 aliphatic rings. The van der Waals surface area contributed by atoms with E-state index in [1.165, 1.54) is 5.56 Å². The number of fused-ring (bicyclic) bond motifs is 1. The third-order valence-corrected chi connectivity index (χ3v) is 3.85. The number of para-hydroxylation sites is 2. The average Bonchev–Trinajstić information content (AvgIpc) is 2.54. The summed E-state index contributed by atoms with van der Waals surface area (Å²) < 4.78 is 0. The van der Waals surface area contributed by atoms with E-state index in [2.05, 4.69) is 17.4 Å². The van der Waals surface area contributed by atoms with Crippen LogP contribution >= 0.6 is 0 Å².